The minimum Gasteiger partial charge on any atom is -0.462 e. The molecule has 0 spiro atoms. The summed E-state index contributed by atoms with van der Waals surface area (Å²) in [7, 11) is 0. The fourth-order valence-electron chi connectivity index (χ4n) is 1.08. The van der Waals surface area contributed by atoms with E-state index in [1.807, 2.05) is 0 Å². The van der Waals surface area contributed by atoms with Crippen LogP contribution in [0.1, 0.15) is 16.8 Å². The van der Waals surface area contributed by atoms with Gasteiger partial charge in [0.1, 0.15) is 0 Å². The highest BCUT2D eigenvalue weighted by Crippen LogP contribution is 2.09. The van der Waals surface area contributed by atoms with Gasteiger partial charge in [-0.1, -0.05) is 6.07 Å². The van der Waals surface area contributed by atoms with Gasteiger partial charge >= 0.3 is 5.97 Å². The van der Waals surface area contributed by atoms with Gasteiger partial charge < -0.3 is 9.57 Å². The average molecular weight is 257 g/mol. The van der Waals surface area contributed by atoms with Gasteiger partial charge in [0.15, 0.2) is 0 Å². The van der Waals surface area contributed by atoms with E-state index in [4.69, 9.17) is 4.74 Å². The number of nitrogens with zero attached hydrogens (tertiary/aromatic N) is 1. The minimum atomic E-state index is -0.883. The van der Waals surface area contributed by atoms with Crippen molar-refractivity contribution in [2.75, 3.05) is 13.2 Å². The molecule has 17 heavy (non-hydrogen) atoms. The van der Waals surface area contributed by atoms with Crippen LogP contribution in [0.25, 0.3) is 0 Å². The van der Waals surface area contributed by atoms with E-state index in [0.717, 1.165) is 0 Å². The smallest absolute Gasteiger partial charge is 0.338 e. The van der Waals surface area contributed by atoms with Crippen molar-refractivity contribution in [3.05, 3.63) is 39.9 Å². The Hall–Kier alpha value is -1.76. The maximum Gasteiger partial charge on any atom is 0.338 e. The third-order valence-corrected chi connectivity index (χ3v) is 2.08. The summed E-state index contributed by atoms with van der Waals surface area (Å²) in [6.45, 7) is -0.0175. The molecular formula is C10H11NO5S. The molecule has 1 aromatic carbocycles. The summed E-state index contributed by atoms with van der Waals surface area (Å²) in [5, 5.41) is 8.94. The van der Waals surface area contributed by atoms with Crippen LogP contribution in [0.15, 0.2) is 29.2 Å². The Bertz CT molecular complexity index is 409. The molecule has 0 N–H and O–H groups in total. The molecule has 0 aliphatic heterocycles. The van der Waals surface area contributed by atoms with E-state index in [-0.39, 0.29) is 19.6 Å². The van der Waals surface area contributed by atoms with Crippen LogP contribution in [0.4, 0.5) is 0 Å². The van der Waals surface area contributed by atoms with Crippen LogP contribution in [0.3, 0.4) is 0 Å². The fraction of sp³-hybridized carbons (Fsp3) is 0.300. The predicted molar refractivity (Wildman–Crippen MR) is 61.5 cm³/mol. The van der Waals surface area contributed by atoms with Crippen molar-refractivity contribution in [3.8, 4) is 0 Å². The Morgan fingerprint density at radius 3 is 2.82 bits per heavy atom. The van der Waals surface area contributed by atoms with Crippen molar-refractivity contribution in [3.63, 3.8) is 0 Å². The van der Waals surface area contributed by atoms with Crippen molar-refractivity contribution >= 4 is 18.6 Å². The van der Waals surface area contributed by atoms with Crippen LogP contribution in [-0.4, -0.2) is 24.3 Å². The van der Waals surface area contributed by atoms with Gasteiger partial charge in [-0.15, -0.1) is 22.7 Å². The molecule has 0 saturated heterocycles. The molecule has 0 amide bonds. The summed E-state index contributed by atoms with van der Waals surface area (Å²) in [4.78, 5) is 26.0. The molecule has 0 aliphatic carbocycles. The quantitative estimate of drug-likeness (QED) is 0.276. The summed E-state index contributed by atoms with van der Waals surface area (Å²) in [6, 6.07) is 6.62. The first-order valence-electron chi connectivity index (χ1n) is 4.83. The predicted octanol–water partition coefficient (Wildman–Crippen LogP) is 1.73. The zero-order valence-corrected chi connectivity index (χ0v) is 9.76. The van der Waals surface area contributed by atoms with Crippen molar-refractivity contribution in [1.82, 2.24) is 0 Å². The summed E-state index contributed by atoms with van der Waals surface area (Å²) >= 11 is 4.09. The highest BCUT2D eigenvalue weighted by Gasteiger charge is 2.06. The fourth-order valence-corrected chi connectivity index (χ4v) is 1.30. The Morgan fingerprint density at radius 1 is 1.41 bits per heavy atom. The number of hydrogen-bond donors (Lipinski definition) is 1. The summed E-state index contributed by atoms with van der Waals surface area (Å²) in [6.07, 6.45) is 0.271. The Balaban J connectivity index is 2.28. The standard InChI is InChI=1S/C10H11NO5S/c12-10(8-3-1-4-9(17)7-8)15-5-2-6-16-11(13)14/h1,3-4,7,17H,2,5-6H2. The number of carbonyl (C=O) groups is 1. The number of rotatable bonds is 6. The second-order valence-electron chi connectivity index (χ2n) is 3.10. The molecule has 0 atom stereocenters. The van der Waals surface area contributed by atoms with Crippen molar-refractivity contribution < 1.29 is 19.5 Å². The molecule has 1 rings (SSSR count). The second kappa shape index (κ2) is 6.74. The molecule has 92 valence electrons. The SMILES string of the molecule is O=C(OCCCO[N+](=O)[O-])c1cccc(S)c1. The minimum absolute atomic E-state index is 0.0729. The van der Waals surface area contributed by atoms with E-state index >= 15 is 0 Å². The number of esters is 1. The van der Waals surface area contributed by atoms with E-state index in [1.54, 1.807) is 24.3 Å². The monoisotopic (exact) mass is 257 g/mol. The lowest BCUT2D eigenvalue weighted by atomic mass is 10.2. The Kier molecular flexibility index (Phi) is 5.28. The summed E-state index contributed by atoms with van der Waals surface area (Å²) < 4.78 is 4.89. The zero-order chi connectivity index (χ0) is 12.7. The first-order chi connectivity index (χ1) is 8.09. The number of hydrogen-bond acceptors (Lipinski definition) is 6. The number of thiol groups is 1. The maximum atomic E-state index is 11.5. The van der Waals surface area contributed by atoms with Gasteiger partial charge in [-0.05, 0) is 18.2 Å². The van der Waals surface area contributed by atoms with Gasteiger partial charge in [-0.3, -0.25) is 0 Å². The van der Waals surface area contributed by atoms with Gasteiger partial charge in [0.25, 0.3) is 5.09 Å². The van der Waals surface area contributed by atoms with E-state index < -0.39 is 11.1 Å². The normalized spacial score (nSPS) is 9.71. The van der Waals surface area contributed by atoms with E-state index in [1.165, 1.54) is 0 Å². The Labute approximate surface area is 103 Å². The maximum absolute atomic E-state index is 11.5. The molecule has 7 heteroatoms. The summed E-state index contributed by atoms with van der Waals surface area (Å²) in [5.41, 5.74) is 0.396. The molecule has 0 bridgehead atoms. The van der Waals surface area contributed by atoms with Crippen LogP contribution < -0.4 is 0 Å². The third-order valence-electron chi connectivity index (χ3n) is 1.80. The van der Waals surface area contributed by atoms with Crippen molar-refractivity contribution in [2.24, 2.45) is 0 Å². The average Bonchev–Trinajstić information content (AvgIpc) is 2.28. The zero-order valence-electron chi connectivity index (χ0n) is 8.87. The second-order valence-corrected chi connectivity index (χ2v) is 3.61. The first-order valence-corrected chi connectivity index (χ1v) is 5.28. The molecule has 0 radical (unpaired) electrons. The van der Waals surface area contributed by atoms with Gasteiger partial charge in [0.2, 0.25) is 0 Å². The molecule has 6 nitrogen and oxygen atoms in total. The lowest BCUT2D eigenvalue weighted by Gasteiger charge is -2.04. The molecule has 0 saturated carbocycles. The van der Waals surface area contributed by atoms with Crippen LogP contribution >= 0.6 is 12.6 Å². The molecular weight excluding hydrogens is 246 g/mol. The molecule has 1 aromatic rings. The molecule has 0 heterocycles. The third kappa shape index (κ3) is 5.21. The molecule has 0 fully saturated rings. The molecule has 0 unspecified atom stereocenters. The highest BCUT2D eigenvalue weighted by atomic mass is 32.1. The van der Waals surface area contributed by atoms with Crippen molar-refractivity contribution in [2.45, 2.75) is 11.3 Å². The van der Waals surface area contributed by atoms with Crippen molar-refractivity contribution in [1.29, 1.82) is 0 Å². The first kappa shape index (κ1) is 13.3. The van der Waals surface area contributed by atoms with Crippen LogP contribution in [0.2, 0.25) is 0 Å². The van der Waals surface area contributed by atoms with E-state index in [0.29, 0.717) is 10.5 Å². The van der Waals surface area contributed by atoms with Gasteiger partial charge in [-0.25, -0.2) is 4.79 Å². The van der Waals surface area contributed by atoms with E-state index in [9.17, 15) is 14.9 Å². The molecule has 0 aromatic heterocycles. The van der Waals surface area contributed by atoms with Crippen LogP contribution in [-0.2, 0) is 9.57 Å². The van der Waals surface area contributed by atoms with Crippen LogP contribution in [0, 0.1) is 10.1 Å². The number of ether oxygens (including phenoxy) is 1. The topological polar surface area (TPSA) is 78.7 Å². The summed E-state index contributed by atoms with van der Waals surface area (Å²) in [5.74, 6) is -0.484. The van der Waals surface area contributed by atoms with E-state index in [2.05, 4.69) is 17.5 Å². The largest absolute Gasteiger partial charge is 0.462 e. The van der Waals surface area contributed by atoms with Gasteiger partial charge in [-0.2, -0.15) is 0 Å². The Morgan fingerprint density at radius 2 is 2.18 bits per heavy atom. The van der Waals surface area contributed by atoms with Crippen LogP contribution in [0.5, 0.6) is 0 Å². The van der Waals surface area contributed by atoms with Gasteiger partial charge in [0.05, 0.1) is 18.8 Å². The highest BCUT2D eigenvalue weighted by molar-refractivity contribution is 7.80. The lowest BCUT2D eigenvalue weighted by molar-refractivity contribution is -0.757. The molecule has 0 aliphatic rings. The number of carbonyl (C=O) groups excluding carboxylic acids is 1. The lowest BCUT2D eigenvalue weighted by Crippen LogP contribution is -2.09. The number of benzene rings is 1. The van der Waals surface area contributed by atoms with Gasteiger partial charge in [0, 0.05) is 11.3 Å².